The number of para-hydroxylation sites is 1. The molecule has 1 fully saturated rings. The summed E-state index contributed by atoms with van der Waals surface area (Å²) in [6.07, 6.45) is 0. The molecule has 0 atom stereocenters. The van der Waals surface area contributed by atoms with Gasteiger partial charge in [0, 0.05) is 55.4 Å². The highest BCUT2D eigenvalue weighted by Crippen LogP contribution is 2.23. The smallest absolute Gasteiger partial charge is 0.269 e. The Balaban J connectivity index is 1.51. The zero-order valence-corrected chi connectivity index (χ0v) is 16.7. The summed E-state index contributed by atoms with van der Waals surface area (Å²) in [4.78, 5) is 28.0. The zero-order valence-electron chi connectivity index (χ0n) is 15.8. The van der Waals surface area contributed by atoms with Gasteiger partial charge in [0.1, 0.15) is 0 Å². The van der Waals surface area contributed by atoms with Crippen LogP contribution in [0.2, 0.25) is 0 Å². The van der Waals surface area contributed by atoms with Crippen molar-refractivity contribution in [2.75, 3.05) is 43.9 Å². The minimum atomic E-state index is -0.432. The summed E-state index contributed by atoms with van der Waals surface area (Å²) in [5.41, 5.74) is 2.34. The van der Waals surface area contributed by atoms with E-state index in [0.29, 0.717) is 6.54 Å². The Hall–Kier alpha value is -2.58. The lowest BCUT2D eigenvalue weighted by atomic mass is 10.1. The summed E-state index contributed by atoms with van der Waals surface area (Å²) in [7, 11) is 2.13. The number of rotatable bonds is 7. The number of amides is 1. The minimum absolute atomic E-state index is 0.0503. The molecule has 1 aliphatic rings. The summed E-state index contributed by atoms with van der Waals surface area (Å²) in [5, 5.41) is 13.7. The second-order valence-electron chi connectivity index (χ2n) is 6.74. The van der Waals surface area contributed by atoms with Crippen molar-refractivity contribution >= 4 is 29.0 Å². The van der Waals surface area contributed by atoms with Crippen LogP contribution in [0.25, 0.3) is 0 Å². The Bertz CT molecular complexity index is 820. The summed E-state index contributed by atoms with van der Waals surface area (Å²) >= 11 is 1.37. The Morgan fingerprint density at radius 2 is 1.79 bits per heavy atom. The molecule has 0 radical (unpaired) electrons. The van der Waals surface area contributed by atoms with E-state index in [-0.39, 0.29) is 17.3 Å². The molecule has 148 valence electrons. The maximum atomic E-state index is 12.2. The van der Waals surface area contributed by atoms with Gasteiger partial charge in [-0.3, -0.25) is 14.9 Å². The van der Waals surface area contributed by atoms with Crippen LogP contribution in [-0.2, 0) is 11.3 Å². The predicted octanol–water partition coefficient (Wildman–Crippen LogP) is 2.76. The quantitative estimate of drug-likeness (QED) is 0.437. The molecule has 28 heavy (non-hydrogen) atoms. The molecule has 0 spiro atoms. The molecule has 0 bridgehead atoms. The number of piperazine rings is 1. The number of thioether (sulfide) groups is 1. The first-order valence-corrected chi connectivity index (χ1v) is 10.2. The number of nitrogens with zero attached hydrogens (tertiary/aromatic N) is 3. The van der Waals surface area contributed by atoms with E-state index in [4.69, 9.17) is 0 Å². The molecule has 1 saturated heterocycles. The van der Waals surface area contributed by atoms with Crippen molar-refractivity contribution in [3.63, 3.8) is 0 Å². The third kappa shape index (κ3) is 5.46. The molecule has 1 amide bonds. The van der Waals surface area contributed by atoms with Crippen molar-refractivity contribution in [3.05, 3.63) is 64.2 Å². The van der Waals surface area contributed by atoms with E-state index >= 15 is 0 Å². The normalized spacial score (nSPS) is 14.7. The first-order valence-electron chi connectivity index (χ1n) is 9.18. The zero-order chi connectivity index (χ0) is 19.9. The molecule has 1 aliphatic heterocycles. The first kappa shape index (κ1) is 20.2. The van der Waals surface area contributed by atoms with Gasteiger partial charge in [0.05, 0.1) is 10.7 Å². The van der Waals surface area contributed by atoms with E-state index in [1.165, 1.54) is 29.6 Å². The fourth-order valence-electron chi connectivity index (χ4n) is 3.07. The van der Waals surface area contributed by atoms with Gasteiger partial charge in [-0.05, 0) is 30.8 Å². The second-order valence-corrected chi connectivity index (χ2v) is 7.78. The maximum absolute atomic E-state index is 12.2. The van der Waals surface area contributed by atoms with E-state index in [1.54, 1.807) is 12.1 Å². The van der Waals surface area contributed by atoms with Crippen LogP contribution in [0.1, 0.15) is 5.56 Å². The van der Waals surface area contributed by atoms with Crippen LogP contribution in [-0.4, -0.2) is 54.7 Å². The highest BCUT2D eigenvalue weighted by Gasteiger charge is 2.17. The van der Waals surface area contributed by atoms with Crippen molar-refractivity contribution in [2.24, 2.45) is 0 Å². The number of non-ortho nitro benzene ring substituents is 1. The van der Waals surface area contributed by atoms with Gasteiger partial charge in [0.15, 0.2) is 0 Å². The third-order valence-corrected chi connectivity index (χ3v) is 5.74. The molecule has 1 N–H and O–H groups in total. The molecular weight excluding hydrogens is 376 g/mol. The molecule has 0 aliphatic carbocycles. The fraction of sp³-hybridized carbons (Fsp3) is 0.350. The number of anilines is 1. The number of carbonyl (C=O) groups is 1. The van der Waals surface area contributed by atoms with Crippen LogP contribution in [0.5, 0.6) is 0 Å². The van der Waals surface area contributed by atoms with Gasteiger partial charge in [-0.15, -0.1) is 11.8 Å². The number of carbonyl (C=O) groups excluding carboxylic acids is 1. The topological polar surface area (TPSA) is 78.7 Å². The number of nitrogens with one attached hydrogen (secondary N) is 1. The molecule has 0 saturated carbocycles. The van der Waals surface area contributed by atoms with E-state index in [1.807, 2.05) is 12.1 Å². The van der Waals surface area contributed by atoms with Crippen LogP contribution in [0.3, 0.4) is 0 Å². The van der Waals surface area contributed by atoms with Crippen LogP contribution in [0.15, 0.2) is 53.4 Å². The molecular formula is C20H24N4O3S. The van der Waals surface area contributed by atoms with Gasteiger partial charge in [0.25, 0.3) is 5.69 Å². The minimum Gasteiger partial charge on any atom is -0.369 e. The van der Waals surface area contributed by atoms with Crippen LogP contribution in [0, 0.1) is 10.1 Å². The standard InChI is InChI=1S/C20H24N4O3S/c1-22-10-12-23(13-11-22)19-5-3-2-4-16(19)14-21-20(25)15-28-18-8-6-17(7-9-18)24(26)27/h2-9H,10-15H2,1H3,(H,21,25). The summed E-state index contributed by atoms with van der Waals surface area (Å²) < 4.78 is 0. The highest BCUT2D eigenvalue weighted by atomic mass is 32.2. The lowest BCUT2D eigenvalue weighted by Gasteiger charge is -2.35. The van der Waals surface area contributed by atoms with Crippen molar-refractivity contribution in [1.82, 2.24) is 10.2 Å². The van der Waals surface area contributed by atoms with Crippen molar-refractivity contribution in [3.8, 4) is 0 Å². The number of nitro groups is 1. The average Bonchev–Trinajstić information content (AvgIpc) is 2.72. The summed E-state index contributed by atoms with van der Waals surface area (Å²) in [6, 6.07) is 14.4. The van der Waals surface area contributed by atoms with Crippen LogP contribution >= 0.6 is 11.8 Å². The Morgan fingerprint density at radius 1 is 1.11 bits per heavy atom. The van der Waals surface area contributed by atoms with Crippen LogP contribution in [0.4, 0.5) is 11.4 Å². The molecule has 2 aromatic rings. The van der Waals surface area contributed by atoms with Gasteiger partial charge in [0.2, 0.25) is 5.91 Å². The number of hydrogen-bond donors (Lipinski definition) is 1. The number of nitro benzene ring substituents is 1. The van der Waals surface area contributed by atoms with Crippen molar-refractivity contribution in [1.29, 1.82) is 0 Å². The van der Waals surface area contributed by atoms with Gasteiger partial charge in [-0.1, -0.05) is 18.2 Å². The second kappa shape index (κ2) is 9.57. The Morgan fingerprint density at radius 3 is 2.46 bits per heavy atom. The lowest BCUT2D eigenvalue weighted by Crippen LogP contribution is -2.45. The average molecular weight is 401 g/mol. The monoisotopic (exact) mass is 400 g/mol. The summed E-state index contributed by atoms with van der Waals surface area (Å²) in [6.45, 7) is 4.52. The Kier molecular flexibility index (Phi) is 6.89. The van der Waals surface area contributed by atoms with Gasteiger partial charge in [-0.2, -0.15) is 0 Å². The van der Waals surface area contributed by atoms with E-state index in [0.717, 1.165) is 36.6 Å². The number of benzene rings is 2. The van der Waals surface area contributed by atoms with Gasteiger partial charge >= 0.3 is 0 Å². The van der Waals surface area contributed by atoms with Crippen molar-refractivity contribution < 1.29 is 9.72 Å². The largest absolute Gasteiger partial charge is 0.369 e. The maximum Gasteiger partial charge on any atom is 0.269 e. The molecule has 3 rings (SSSR count). The third-order valence-electron chi connectivity index (χ3n) is 4.73. The van der Waals surface area contributed by atoms with E-state index < -0.39 is 4.92 Å². The van der Waals surface area contributed by atoms with E-state index in [2.05, 4.69) is 34.3 Å². The highest BCUT2D eigenvalue weighted by molar-refractivity contribution is 8.00. The molecule has 1 heterocycles. The first-order chi connectivity index (χ1) is 13.5. The lowest BCUT2D eigenvalue weighted by molar-refractivity contribution is -0.384. The molecule has 0 unspecified atom stereocenters. The molecule has 7 nitrogen and oxygen atoms in total. The van der Waals surface area contributed by atoms with Crippen molar-refractivity contribution in [2.45, 2.75) is 11.4 Å². The van der Waals surface area contributed by atoms with Gasteiger partial charge < -0.3 is 15.1 Å². The Labute approximate surface area is 168 Å². The molecule has 2 aromatic carbocycles. The van der Waals surface area contributed by atoms with Crippen LogP contribution < -0.4 is 10.2 Å². The molecule has 0 aromatic heterocycles. The SMILES string of the molecule is CN1CCN(c2ccccc2CNC(=O)CSc2ccc([N+](=O)[O-])cc2)CC1. The number of likely N-dealkylation sites (N-methyl/N-ethyl adjacent to an activating group) is 1. The molecule has 8 heteroatoms. The van der Waals surface area contributed by atoms with E-state index in [9.17, 15) is 14.9 Å². The predicted molar refractivity (Wildman–Crippen MR) is 112 cm³/mol. The summed E-state index contributed by atoms with van der Waals surface area (Å²) in [5.74, 6) is 0.214. The fourth-order valence-corrected chi connectivity index (χ4v) is 3.80. The van der Waals surface area contributed by atoms with Gasteiger partial charge in [-0.25, -0.2) is 0 Å². The number of hydrogen-bond acceptors (Lipinski definition) is 6.